The van der Waals surface area contributed by atoms with Gasteiger partial charge in [-0.05, 0) is 74.9 Å². The third-order valence-corrected chi connectivity index (χ3v) is 4.09. The molecule has 1 aliphatic rings. The molecule has 2 rings (SSSR count). The zero-order valence-electron chi connectivity index (χ0n) is 9.93. The lowest BCUT2D eigenvalue weighted by Crippen LogP contribution is -2.27. The van der Waals surface area contributed by atoms with Crippen LogP contribution in [0, 0.1) is 12.8 Å². The summed E-state index contributed by atoms with van der Waals surface area (Å²) in [6, 6.07) is 6.61. The van der Waals surface area contributed by atoms with E-state index in [2.05, 4.69) is 46.4 Å². The van der Waals surface area contributed by atoms with Crippen LogP contribution in [0.4, 0.5) is 0 Å². The van der Waals surface area contributed by atoms with E-state index in [1.165, 1.54) is 54.4 Å². The van der Waals surface area contributed by atoms with Crippen LogP contribution in [0.2, 0.25) is 0 Å². The van der Waals surface area contributed by atoms with E-state index < -0.39 is 0 Å². The minimum atomic E-state index is 0.930. The molecule has 0 aromatic heterocycles. The summed E-state index contributed by atoms with van der Waals surface area (Å²) in [6.45, 7) is 4.63. The summed E-state index contributed by atoms with van der Waals surface area (Å²) in [5, 5.41) is 3.43. The summed E-state index contributed by atoms with van der Waals surface area (Å²) >= 11 is 3.55. The van der Waals surface area contributed by atoms with Gasteiger partial charge in [0.2, 0.25) is 0 Å². The maximum atomic E-state index is 3.55. The summed E-state index contributed by atoms with van der Waals surface area (Å²) in [6.07, 6.45) is 5.29. The molecule has 1 N–H and O–H groups in total. The van der Waals surface area contributed by atoms with Crippen molar-refractivity contribution in [3.05, 3.63) is 33.8 Å². The number of piperidine rings is 1. The Morgan fingerprint density at radius 3 is 2.81 bits per heavy atom. The minimum absolute atomic E-state index is 0.930. The van der Waals surface area contributed by atoms with E-state index in [1.54, 1.807) is 0 Å². The lowest BCUT2D eigenvalue weighted by molar-refractivity contribution is 0.354. The summed E-state index contributed by atoms with van der Waals surface area (Å²) in [5.41, 5.74) is 2.94. The normalized spacial score (nSPS) is 17.6. The average Bonchev–Trinajstić information content (AvgIpc) is 2.32. The van der Waals surface area contributed by atoms with E-state index in [-0.39, 0.29) is 0 Å². The quantitative estimate of drug-likeness (QED) is 0.891. The molecule has 16 heavy (non-hydrogen) atoms. The largest absolute Gasteiger partial charge is 0.317 e. The monoisotopic (exact) mass is 281 g/mol. The molecule has 1 heterocycles. The van der Waals surface area contributed by atoms with Crippen molar-refractivity contribution in [2.45, 2.75) is 32.6 Å². The van der Waals surface area contributed by atoms with Crippen LogP contribution in [0.5, 0.6) is 0 Å². The first-order chi connectivity index (χ1) is 7.75. The topological polar surface area (TPSA) is 12.0 Å². The fourth-order valence-corrected chi connectivity index (χ4v) is 2.85. The maximum absolute atomic E-state index is 3.55. The van der Waals surface area contributed by atoms with Crippen LogP contribution in [-0.2, 0) is 6.42 Å². The van der Waals surface area contributed by atoms with Crippen LogP contribution in [0.25, 0.3) is 0 Å². The highest BCUT2D eigenvalue weighted by atomic mass is 79.9. The Hall–Kier alpha value is -0.340. The van der Waals surface area contributed by atoms with Crippen LogP contribution < -0.4 is 5.32 Å². The summed E-state index contributed by atoms with van der Waals surface area (Å²) in [7, 11) is 0. The van der Waals surface area contributed by atoms with E-state index in [4.69, 9.17) is 0 Å². The van der Waals surface area contributed by atoms with E-state index in [0.717, 1.165) is 5.92 Å². The van der Waals surface area contributed by atoms with Crippen molar-refractivity contribution >= 4 is 15.9 Å². The molecule has 1 aliphatic heterocycles. The smallest absolute Gasteiger partial charge is 0.0178 e. The van der Waals surface area contributed by atoms with Gasteiger partial charge in [0, 0.05) is 4.47 Å². The predicted molar refractivity (Wildman–Crippen MR) is 72.8 cm³/mol. The first-order valence-electron chi connectivity index (χ1n) is 6.21. The lowest BCUT2D eigenvalue weighted by Gasteiger charge is -2.22. The highest BCUT2D eigenvalue weighted by Gasteiger charge is 2.13. The van der Waals surface area contributed by atoms with Crippen molar-refractivity contribution in [1.29, 1.82) is 0 Å². The number of nitrogens with one attached hydrogen (secondary N) is 1. The third-order valence-electron chi connectivity index (χ3n) is 3.59. The number of rotatable bonds is 3. The van der Waals surface area contributed by atoms with Gasteiger partial charge in [0.25, 0.3) is 0 Å². The van der Waals surface area contributed by atoms with E-state index in [1.807, 2.05) is 0 Å². The second kappa shape index (κ2) is 5.83. The van der Waals surface area contributed by atoms with Gasteiger partial charge in [0.05, 0.1) is 0 Å². The van der Waals surface area contributed by atoms with Crippen LogP contribution >= 0.6 is 15.9 Å². The van der Waals surface area contributed by atoms with Gasteiger partial charge >= 0.3 is 0 Å². The van der Waals surface area contributed by atoms with Gasteiger partial charge in [0.15, 0.2) is 0 Å². The van der Waals surface area contributed by atoms with Gasteiger partial charge in [-0.25, -0.2) is 0 Å². The van der Waals surface area contributed by atoms with E-state index in [0.29, 0.717) is 0 Å². The minimum Gasteiger partial charge on any atom is -0.317 e. The fourth-order valence-electron chi connectivity index (χ4n) is 2.44. The van der Waals surface area contributed by atoms with Crippen molar-refractivity contribution in [3.63, 3.8) is 0 Å². The SMILES string of the molecule is Cc1ccc(Br)cc1CCC1CCNCC1. The van der Waals surface area contributed by atoms with Crippen molar-refractivity contribution in [1.82, 2.24) is 5.32 Å². The molecule has 0 aliphatic carbocycles. The fraction of sp³-hybridized carbons (Fsp3) is 0.571. The van der Waals surface area contributed by atoms with E-state index in [9.17, 15) is 0 Å². The molecule has 1 aromatic carbocycles. The highest BCUT2D eigenvalue weighted by Crippen LogP contribution is 2.22. The van der Waals surface area contributed by atoms with Crippen molar-refractivity contribution in [3.8, 4) is 0 Å². The third kappa shape index (κ3) is 3.33. The van der Waals surface area contributed by atoms with Gasteiger partial charge in [-0.15, -0.1) is 0 Å². The lowest BCUT2D eigenvalue weighted by atomic mass is 9.90. The predicted octanol–water partition coefficient (Wildman–Crippen LogP) is 3.69. The van der Waals surface area contributed by atoms with Crippen molar-refractivity contribution in [2.75, 3.05) is 13.1 Å². The molecule has 0 atom stereocenters. The number of aryl methyl sites for hydroxylation is 2. The van der Waals surface area contributed by atoms with Gasteiger partial charge in [-0.1, -0.05) is 22.0 Å². The Balaban J connectivity index is 1.90. The first-order valence-corrected chi connectivity index (χ1v) is 7.01. The second-order valence-corrected chi connectivity index (χ2v) is 5.72. The number of benzene rings is 1. The van der Waals surface area contributed by atoms with Crippen LogP contribution in [0.15, 0.2) is 22.7 Å². The Morgan fingerprint density at radius 1 is 1.31 bits per heavy atom. The Morgan fingerprint density at radius 2 is 2.06 bits per heavy atom. The molecule has 88 valence electrons. The molecule has 0 saturated carbocycles. The first kappa shape index (κ1) is 12.1. The molecular weight excluding hydrogens is 262 g/mol. The zero-order chi connectivity index (χ0) is 11.4. The Bertz CT molecular complexity index is 343. The molecular formula is C14H20BrN. The molecule has 0 spiro atoms. The second-order valence-electron chi connectivity index (χ2n) is 4.80. The molecule has 0 bridgehead atoms. The molecule has 1 saturated heterocycles. The highest BCUT2D eigenvalue weighted by molar-refractivity contribution is 9.10. The standard InChI is InChI=1S/C14H20BrN/c1-11-2-5-14(15)10-13(11)4-3-12-6-8-16-9-7-12/h2,5,10,12,16H,3-4,6-9H2,1H3. The van der Waals surface area contributed by atoms with Gasteiger partial charge in [0.1, 0.15) is 0 Å². The molecule has 0 amide bonds. The van der Waals surface area contributed by atoms with Crippen LogP contribution in [0.3, 0.4) is 0 Å². The molecule has 1 nitrogen and oxygen atoms in total. The van der Waals surface area contributed by atoms with Crippen LogP contribution in [0.1, 0.15) is 30.4 Å². The molecule has 0 unspecified atom stereocenters. The summed E-state index contributed by atoms with van der Waals surface area (Å²) in [4.78, 5) is 0. The van der Waals surface area contributed by atoms with Crippen LogP contribution in [-0.4, -0.2) is 13.1 Å². The van der Waals surface area contributed by atoms with Gasteiger partial charge in [-0.3, -0.25) is 0 Å². The molecule has 1 aromatic rings. The van der Waals surface area contributed by atoms with Gasteiger partial charge < -0.3 is 5.32 Å². The van der Waals surface area contributed by atoms with Crippen molar-refractivity contribution in [2.24, 2.45) is 5.92 Å². The maximum Gasteiger partial charge on any atom is 0.0178 e. The molecule has 0 radical (unpaired) electrons. The van der Waals surface area contributed by atoms with Crippen molar-refractivity contribution < 1.29 is 0 Å². The Kier molecular flexibility index (Phi) is 4.42. The van der Waals surface area contributed by atoms with E-state index >= 15 is 0 Å². The molecule has 1 fully saturated rings. The average molecular weight is 282 g/mol. The zero-order valence-corrected chi connectivity index (χ0v) is 11.5. The number of hydrogen-bond donors (Lipinski definition) is 1. The van der Waals surface area contributed by atoms with Gasteiger partial charge in [-0.2, -0.15) is 0 Å². The summed E-state index contributed by atoms with van der Waals surface area (Å²) < 4.78 is 1.21. The number of halogens is 1. The number of hydrogen-bond acceptors (Lipinski definition) is 1. The Labute approximate surface area is 107 Å². The molecule has 2 heteroatoms. The summed E-state index contributed by atoms with van der Waals surface area (Å²) in [5.74, 6) is 0.930.